The lowest BCUT2D eigenvalue weighted by atomic mass is 9.89. The van der Waals surface area contributed by atoms with E-state index in [0.717, 1.165) is 22.3 Å². The maximum absolute atomic E-state index is 13.6. The molecule has 31 heavy (non-hydrogen) atoms. The molecular formula is C23H26N2O6. The summed E-state index contributed by atoms with van der Waals surface area (Å²) in [4.78, 5) is 28.3. The first-order valence-corrected chi connectivity index (χ1v) is 10.2. The Morgan fingerprint density at radius 1 is 1.03 bits per heavy atom. The minimum Gasteiger partial charge on any atom is -0.493 e. The molecule has 2 aliphatic heterocycles. The van der Waals surface area contributed by atoms with Crippen molar-refractivity contribution in [3.8, 4) is 11.5 Å². The van der Waals surface area contributed by atoms with E-state index in [1.807, 2.05) is 30.3 Å². The fourth-order valence-electron chi connectivity index (χ4n) is 4.62. The van der Waals surface area contributed by atoms with E-state index in [2.05, 4.69) is 0 Å². The summed E-state index contributed by atoms with van der Waals surface area (Å²) in [5, 5.41) is 19.9. The third-order valence-corrected chi connectivity index (χ3v) is 6.24. The Labute approximate surface area is 180 Å². The second-order valence-corrected chi connectivity index (χ2v) is 7.79. The zero-order valence-corrected chi connectivity index (χ0v) is 17.6. The first-order valence-electron chi connectivity index (χ1n) is 10.2. The third kappa shape index (κ3) is 3.67. The molecule has 0 bridgehead atoms. The molecule has 2 heterocycles. The number of amides is 2. The lowest BCUT2D eigenvalue weighted by Gasteiger charge is -2.42. The van der Waals surface area contributed by atoms with Crippen molar-refractivity contribution < 1.29 is 29.3 Å². The van der Waals surface area contributed by atoms with Crippen LogP contribution >= 0.6 is 0 Å². The van der Waals surface area contributed by atoms with Crippen molar-refractivity contribution in [1.82, 2.24) is 9.80 Å². The second kappa shape index (κ2) is 8.47. The fraction of sp³-hybridized carbons (Fsp3) is 0.391. The van der Waals surface area contributed by atoms with Crippen molar-refractivity contribution in [2.75, 3.05) is 27.4 Å². The van der Waals surface area contributed by atoms with Gasteiger partial charge in [-0.1, -0.05) is 24.3 Å². The fourth-order valence-corrected chi connectivity index (χ4v) is 4.62. The van der Waals surface area contributed by atoms with Crippen LogP contribution in [0, 0.1) is 0 Å². The van der Waals surface area contributed by atoms with Crippen LogP contribution in [0.4, 0.5) is 4.79 Å². The maximum atomic E-state index is 13.6. The van der Waals surface area contributed by atoms with Crippen LogP contribution in [0.3, 0.4) is 0 Å². The van der Waals surface area contributed by atoms with E-state index in [9.17, 15) is 19.8 Å². The summed E-state index contributed by atoms with van der Waals surface area (Å²) in [5.74, 6) is 0.822. The smallest absolute Gasteiger partial charge is 0.408 e. The van der Waals surface area contributed by atoms with Crippen molar-refractivity contribution >= 4 is 12.0 Å². The van der Waals surface area contributed by atoms with Gasteiger partial charge < -0.3 is 24.6 Å². The number of hydrogen-bond donors (Lipinski definition) is 2. The average molecular weight is 426 g/mol. The van der Waals surface area contributed by atoms with Crippen LogP contribution in [0.2, 0.25) is 0 Å². The predicted molar refractivity (Wildman–Crippen MR) is 112 cm³/mol. The number of ether oxygens (including phenoxy) is 2. The molecule has 2 aromatic rings. The number of carbonyl (C=O) groups is 2. The minimum absolute atomic E-state index is 0.168. The first kappa shape index (κ1) is 21.0. The third-order valence-electron chi connectivity index (χ3n) is 6.24. The Balaban J connectivity index is 1.67. The Kier molecular flexibility index (Phi) is 5.73. The van der Waals surface area contributed by atoms with E-state index in [4.69, 9.17) is 9.47 Å². The molecule has 0 saturated carbocycles. The van der Waals surface area contributed by atoms with Gasteiger partial charge in [-0.15, -0.1) is 0 Å². The van der Waals surface area contributed by atoms with Crippen LogP contribution in [-0.4, -0.2) is 65.4 Å². The SMILES string of the molecule is COc1cc2c(cc1OC)C(CO)N(C(=O)C1Cc3ccccc3CN1C(=O)O)CC2. The molecule has 8 nitrogen and oxygen atoms in total. The molecule has 0 saturated heterocycles. The summed E-state index contributed by atoms with van der Waals surface area (Å²) >= 11 is 0. The largest absolute Gasteiger partial charge is 0.493 e. The molecule has 4 rings (SSSR count). The van der Waals surface area contributed by atoms with Crippen molar-refractivity contribution in [3.63, 3.8) is 0 Å². The molecule has 0 aromatic heterocycles. The van der Waals surface area contributed by atoms with Gasteiger partial charge in [-0.2, -0.15) is 0 Å². The normalized spacial score (nSPS) is 20.0. The molecule has 2 aromatic carbocycles. The van der Waals surface area contributed by atoms with Gasteiger partial charge in [0, 0.05) is 13.0 Å². The van der Waals surface area contributed by atoms with Crippen molar-refractivity contribution in [2.24, 2.45) is 0 Å². The monoisotopic (exact) mass is 426 g/mol. The molecule has 2 N–H and O–H groups in total. The number of benzene rings is 2. The predicted octanol–water partition coefficient (Wildman–Crippen LogP) is 2.23. The number of rotatable bonds is 4. The molecule has 0 radical (unpaired) electrons. The minimum atomic E-state index is -1.13. The molecule has 8 heteroatoms. The van der Waals surface area contributed by atoms with Crippen LogP contribution in [0.25, 0.3) is 0 Å². The molecule has 0 aliphatic carbocycles. The molecule has 2 aliphatic rings. The molecular weight excluding hydrogens is 400 g/mol. The number of nitrogens with zero attached hydrogens (tertiary/aromatic N) is 2. The van der Waals surface area contributed by atoms with Gasteiger partial charge in [0.1, 0.15) is 6.04 Å². The number of carbonyl (C=O) groups excluding carboxylic acids is 1. The van der Waals surface area contributed by atoms with Crippen molar-refractivity contribution in [3.05, 3.63) is 58.7 Å². The Morgan fingerprint density at radius 3 is 2.35 bits per heavy atom. The Bertz CT molecular complexity index is 1010. The average Bonchev–Trinajstić information content (AvgIpc) is 2.80. The maximum Gasteiger partial charge on any atom is 0.408 e. The van der Waals surface area contributed by atoms with Gasteiger partial charge in [0.25, 0.3) is 0 Å². The summed E-state index contributed by atoms with van der Waals surface area (Å²) in [6, 6.07) is 9.83. The lowest BCUT2D eigenvalue weighted by Crippen LogP contribution is -2.55. The Hall–Kier alpha value is -3.26. The van der Waals surface area contributed by atoms with Gasteiger partial charge in [-0.3, -0.25) is 9.69 Å². The second-order valence-electron chi connectivity index (χ2n) is 7.79. The topological polar surface area (TPSA) is 99.5 Å². The van der Waals surface area contributed by atoms with Crippen LogP contribution in [0.5, 0.6) is 11.5 Å². The standard InChI is InChI=1S/C23H26N2O6/c1-30-20-10-15-7-8-24(19(13-26)17(15)11-21(20)31-2)22(27)18-9-14-5-3-4-6-16(14)12-25(18)23(28)29/h3-6,10-11,18-19,26H,7-9,12-13H2,1-2H3,(H,28,29). The van der Waals surface area contributed by atoms with E-state index in [-0.39, 0.29) is 19.1 Å². The highest BCUT2D eigenvalue weighted by Gasteiger charge is 2.40. The van der Waals surface area contributed by atoms with E-state index < -0.39 is 18.2 Å². The molecule has 2 unspecified atom stereocenters. The van der Waals surface area contributed by atoms with Crippen LogP contribution in [-0.2, 0) is 24.2 Å². The van der Waals surface area contributed by atoms with Gasteiger partial charge >= 0.3 is 6.09 Å². The number of hydrogen-bond acceptors (Lipinski definition) is 5. The van der Waals surface area contributed by atoms with E-state index in [1.165, 1.54) is 12.0 Å². The summed E-state index contributed by atoms with van der Waals surface area (Å²) in [7, 11) is 3.10. The summed E-state index contributed by atoms with van der Waals surface area (Å²) in [6.45, 7) is 0.282. The van der Waals surface area contributed by atoms with Gasteiger partial charge in [-0.25, -0.2) is 4.79 Å². The van der Waals surface area contributed by atoms with Gasteiger partial charge in [-0.05, 0) is 40.8 Å². The molecule has 164 valence electrons. The summed E-state index contributed by atoms with van der Waals surface area (Å²) in [5.41, 5.74) is 3.65. The number of carboxylic acid groups (broad SMARTS) is 1. The van der Waals surface area contributed by atoms with Crippen LogP contribution in [0.15, 0.2) is 36.4 Å². The zero-order valence-electron chi connectivity index (χ0n) is 17.6. The quantitative estimate of drug-likeness (QED) is 0.778. The van der Waals surface area contributed by atoms with E-state index >= 15 is 0 Å². The van der Waals surface area contributed by atoms with E-state index in [0.29, 0.717) is 30.9 Å². The van der Waals surface area contributed by atoms with Gasteiger partial charge in [0.05, 0.1) is 33.4 Å². The van der Waals surface area contributed by atoms with Gasteiger partial charge in [0.15, 0.2) is 11.5 Å². The molecule has 0 fully saturated rings. The highest BCUT2D eigenvalue weighted by molar-refractivity contribution is 5.87. The molecule has 0 spiro atoms. The summed E-state index contributed by atoms with van der Waals surface area (Å²) in [6.07, 6.45) is -0.236. The number of aliphatic hydroxyl groups excluding tert-OH is 1. The highest BCUT2D eigenvalue weighted by atomic mass is 16.5. The Morgan fingerprint density at radius 2 is 1.71 bits per heavy atom. The summed E-state index contributed by atoms with van der Waals surface area (Å²) < 4.78 is 10.8. The van der Waals surface area contributed by atoms with Crippen LogP contribution in [0.1, 0.15) is 28.3 Å². The van der Waals surface area contributed by atoms with Crippen LogP contribution < -0.4 is 9.47 Å². The van der Waals surface area contributed by atoms with Crippen molar-refractivity contribution in [2.45, 2.75) is 31.5 Å². The number of methoxy groups -OCH3 is 2. The van der Waals surface area contributed by atoms with Gasteiger partial charge in [0.2, 0.25) is 5.91 Å². The number of fused-ring (bicyclic) bond motifs is 2. The molecule has 2 amide bonds. The van der Waals surface area contributed by atoms with Crippen molar-refractivity contribution in [1.29, 1.82) is 0 Å². The number of aliphatic hydroxyl groups is 1. The first-order chi connectivity index (χ1) is 15.0. The zero-order chi connectivity index (χ0) is 22.1. The highest BCUT2D eigenvalue weighted by Crippen LogP contribution is 2.39. The lowest BCUT2D eigenvalue weighted by molar-refractivity contribution is -0.141. The molecule has 2 atom stereocenters. The van der Waals surface area contributed by atoms with E-state index in [1.54, 1.807) is 18.1 Å².